The van der Waals surface area contributed by atoms with E-state index >= 15 is 0 Å². The third kappa shape index (κ3) is 5.57. The summed E-state index contributed by atoms with van der Waals surface area (Å²) in [7, 11) is 1.32. The van der Waals surface area contributed by atoms with Crippen LogP contribution in [0.4, 0.5) is 5.69 Å². The van der Waals surface area contributed by atoms with E-state index in [2.05, 4.69) is 5.32 Å². The Labute approximate surface area is 185 Å². The maximum absolute atomic E-state index is 13.0. The fraction of sp³-hybridized carbons (Fsp3) is 0.667. The summed E-state index contributed by atoms with van der Waals surface area (Å²) < 4.78 is 10.6. The molecule has 4 atom stereocenters. The molecule has 1 aliphatic carbocycles. The molecule has 0 heterocycles. The summed E-state index contributed by atoms with van der Waals surface area (Å²) in [5, 5.41) is 14.1. The number of nitrogens with one attached hydrogen (secondary N) is 1. The van der Waals surface area contributed by atoms with E-state index in [9.17, 15) is 14.7 Å². The van der Waals surface area contributed by atoms with Crippen LogP contribution in [0, 0.1) is 16.7 Å². The number of methoxy groups -OCH3 is 1. The number of anilines is 1. The average molecular weight is 435 g/mol. The van der Waals surface area contributed by atoms with E-state index in [1.54, 1.807) is 12.1 Å². The fourth-order valence-electron chi connectivity index (χ4n) is 4.41. The predicted molar refractivity (Wildman–Crippen MR) is 120 cm³/mol. The lowest BCUT2D eigenvalue weighted by Crippen LogP contribution is -2.53. The molecule has 0 spiro atoms. The number of aliphatic hydroxyl groups is 1. The molecule has 31 heavy (non-hydrogen) atoms. The summed E-state index contributed by atoms with van der Waals surface area (Å²) in [4.78, 5) is 25.4. The number of rotatable bonds is 7. The fourth-order valence-corrected chi connectivity index (χ4v) is 4.41. The van der Waals surface area contributed by atoms with Gasteiger partial charge in [0.05, 0.1) is 12.5 Å². The van der Waals surface area contributed by atoms with Crippen molar-refractivity contribution >= 4 is 17.6 Å². The summed E-state index contributed by atoms with van der Waals surface area (Å²) in [5.41, 5.74) is 5.40. The minimum Gasteiger partial charge on any atom is -0.468 e. The zero-order chi connectivity index (χ0) is 23.6. The van der Waals surface area contributed by atoms with Gasteiger partial charge in [0.15, 0.2) is 0 Å². The SMILES string of the molecule is COC(=O)[C@H](Cc1ccc(N)cc1)NC(O)[C@H]1CC[C@@](C)(C(=O)OC(C)(C)C)C1(C)C. The second-order valence-electron chi connectivity index (χ2n) is 10.3. The number of benzene rings is 1. The number of nitrogens with two attached hydrogens (primary N) is 1. The van der Waals surface area contributed by atoms with E-state index in [-0.39, 0.29) is 11.9 Å². The van der Waals surface area contributed by atoms with Gasteiger partial charge in [-0.15, -0.1) is 0 Å². The van der Waals surface area contributed by atoms with Crippen molar-refractivity contribution in [3.05, 3.63) is 29.8 Å². The molecule has 2 rings (SSSR count). The van der Waals surface area contributed by atoms with Crippen LogP contribution >= 0.6 is 0 Å². The molecule has 1 aliphatic rings. The molecule has 1 aromatic rings. The number of nitrogen functional groups attached to an aromatic ring is 1. The number of hydrogen-bond acceptors (Lipinski definition) is 7. The third-order valence-corrected chi connectivity index (χ3v) is 6.81. The molecule has 0 bridgehead atoms. The molecule has 0 radical (unpaired) electrons. The van der Waals surface area contributed by atoms with Crippen LogP contribution in [0.15, 0.2) is 24.3 Å². The lowest BCUT2D eigenvalue weighted by atomic mass is 9.65. The van der Waals surface area contributed by atoms with E-state index in [0.29, 0.717) is 24.9 Å². The van der Waals surface area contributed by atoms with Crippen molar-refractivity contribution in [1.29, 1.82) is 0 Å². The van der Waals surface area contributed by atoms with Gasteiger partial charge in [-0.3, -0.25) is 14.9 Å². The Balaban J connectivity index is 2.18. The highest BCUT2D eigenvalue weighted by Crippen LogP contribution is 2.57. The first kappa shape index (κ1) is 25.1. The van der Waals surface area contributed by atoms with Gasteiger partial charge in [0.25, 0.3) is 0 Å². The van der Waals surface area contributed by atoms with E-state index in [0.717, 1.165) is 5.56 Å². The van der Waals surface area contributed by atoms with Gasteiger partial charge in [0.1, 0.15) is 17.9 Å². The Morgan fingerprint density at radius 1 is 1.23 bits per heavy atom. The largest absolute Gasteiger partial charge is 0.468 e. The van der Waals surface area contributed by atoms with Crippen LogP contribution in [0.1, 0.15) is 59.9 Å². The first-order valence-electron chi connectivity index (χ1n) is 10.8. The van der Waals surface area contributed by atoms with Crippen LogP contribution in [-0.4, -0.2) is 42.0 Å². The van der Waals surface area contributed by atoms with Crippen LogP contribution in [0.3, 0.4) is 0 Å². The van der Waals surface area contributed by atoms with E-state index in [1.165, 1.54) is 7.11 Å². The summed E-state index contributed by atoms with van der Waals surface area (Å²) in [6, 6.07) is 6.50. The lowest BCUT2D eigenvalue weighted by Gasteiger charge is -2.42. The second kappa shape index (κ2) is 9.17. The second-order valence-corrected chi connectivity index (χ2v) is 10.3. The Kier molecular flexibility index (Phi) is 7.43. The molecule has 1 unspecified atom stereocenters. The van der Waals surface area contributed by atoms with Crippen molar-refractivity contribution in [2.24, 2.45) is 16.7 Å². The molecular weight excluding hydrogens is 396 g/mol. The van der Waals surface area contributed by atoms with Crippen LogP contribution in [0.25, 0.3) is 0 Å². The first-order chi connectivity index (χ1) is 14.2. The number of carbonyl (C=O) groups is 2. The van der Waals surface area contributed by atoms with Crippen LogP contribution in [0.5, 0.6) is 0 Å². The molecule has 0 aromatic heterocycles. The molecular formula is C24H38N2O5. The normalized spacial score (nSPS) is 25.0. The van der Waals surface area contributed by atoms with Crippen molar-refractivity contribution in [3.63, 3.8) is 0 Å². The van der Waals surface area contributed by atoms with Gasteiger partial charge in [-0.2, -0.15) is 0 Å². The Bertz CT molecular complexity index is 784. The van der Waals surface area contributed by atoms with Crippen molar-refractivity contribution in [2.75, 3.05) is 12.8 Å². The molecule has 0 amide bonds. The summed E-state index contributed by atoms with van der Waals surface area (Å²) in [6.45, 7) is 11.4. The molecule has 174 valence electrons. The molecule has 4 N–H and O–H groups in total. The highest BCUT2D eigenvalue weighted by molar-refractivity contribution is 5.78. The van der Waals surface area contributed by atoms with E-state index in [1.807, 2.05) is 53.7 Å². The van der Waals surface area contributed by atoms with Gasteiger partial charge >= 0.3 is 11.9 Å². The molecule has 1 saturated carbocycles. The van der Waals surface area contributed by atoms with Crippen molar-refractivity contribution in [3.8, 4) is 0 Å². The molecule has 0 saturated heterocycles. The minimum absolute atomic E-state index is 0.247. The quantitative estimate of drug-likeness (QED) is 0.344. The molecule has 7 nitrogen and oxygen atoms in total. The minimum atomic E-state index is -0.989. The predicted octanol–water partition coefficient (Wildman–Crippen LogP) is 3.05. The molecule has 7 heteroatoms. The lowest BCUT2D eigenvalue weighted by molar-refractivity contribution is -0.174. The summed E-state index contributed by atoms with van der Waals surface area (Å²) in [6.07, 6.45) is 0.587. The Morgan fingerprint density at radius 2 is 1.81 bits per heavy atom. The number of carbonyl (C=O) groups excluding carboxylic acids is 2. The average Bonchev–Trinajstić information content (AvgIpc) is 2.91. The van der Waals surface area contributed by atoms with Crippen LogP contribution < -0.4 is 11.1 Å². The highest BCUT2D eigenvalue weighted by atomic mass is 16.6. The number of hydrogen-bond donors (Lipinski definition) is 3. The third-order valence-electron chi connectivity index (χ3n) is 6.81. The van der Waals surface area contributed by atoms with Crippen molar-refractivity contribution < 1.29 is 24.2 Å². The highest BCUT2D eigenvalue weighted by Gasteiger charge is 2.59. The standard InChI is InChI=1S/C24H38N2O5/c1-22(2,3)31-21(29)24(6)13-12-17(23(24,4)5)19(27)26-18(20(28)30-7)14-15-8-10-16(25)11-9-15/h8-11,17-19,26-27H,12-14,25H2,1-7H3/t17-,18+,19?,24+/m1/s1. The topological polar surface area (TPSA) is 111 Å². The maximum Gasteiger partial charge on any atom is 0.323 e. The maximum atomic E-state index is 13.0. The van der Waals surface area contributed by atoms with Crippen molar-refractivity contribution in [1.82, 2.24) is 5.32 Å². The first-order valence-corrected chi connectivity index (χ1v) is 10.8. The Hall–Kier alpha value is -2.12. The van der Waals surface area contributed by atoms with Gasteiger partial charge < -0.3 is 20.3 Å². The van der Waals surface area contributed by atoms with Gasteiger partial charge in [-0.1, -0.05) is 26.0 Å². The number of esters is 2. The van der Waals surface area contributed by atoms with Gasteiger partial charge in [-0.05, 0) is 70.1 Å². The van der Waals surface area contributed by atoms with E-state index < -0.39 is 34.7 Å². The van der Waals surface area contributed by atoms with Crippen molar-refractivity contribution in [2.45, 2.75) is 78.7 Å². The molecule has 1 aromatic carbocycles. The molecule has 1 fully saturated rings. The summed E-state index contributed by atoms with van der Waals surface area (Å²) in [5.74, 6) is -0.962. The van der Waals surface area contributed by atoms with Gasteiger partial charge in [0.2, 0.25) is 0 Å². The Morgan fingerprint density at radius 3 is 2.32 bits per heavy atom. The zero-order valence-corrected chi connectivity index (χ0v) is 19.8. The zero-order valence-electron chi connectivity index (χ0n) is 19.8. The monoisotopic (exact) mass is 434 g/mol. The summed E-state index contributed by atoms with van der Waals surface area (Å²) >= 11 is 0. The van der Waals surface area contributed by atoms with Crippen LogP contribution in [-0.2, 0) is 25.5 Å². The van der Waals surface area contributed by atoms with E-state index in [4.69, 9.17) is 15.2 Å². The van der Waals surface area contributed by atoms with Crippen LogP contribution in [0.2, 0.25) is 0 Å². The number of ether oxygens (including phenoxy) is 2. The van der Waals surface area contributed by atoms with Gasteiger partial charge in [0, 0.05) is 11.6 Å². The van der Waals surface area contributed by atoms with Gasteiger partial charge in [-0.25, -0.2) is 0 Å². The molecule has 0 aliphatic heterocycles. The smallest absolute Gasteiger partial charge is 0.323 e. The number of aliphatic hydroxyl groups excluding tert-OH is 1.